The second-order valence-electron chi connectivity index (χ2n) is 5.62. The van der Waals surface area contributed by atoms with E-state index in [4.69, 9.17) is 0 Å². The van der Waals surface area contributed by atoms with E-state index in [2.05, 4.69) is 22.5 Å². The van der Waals surface area contributed by atoms with Crippen LogP contribution in [0.4, 0.5) is 0 Å². The zero-order valence-corrected chi connectivity index (χ0v) is 14.8. The summed E-state index contributed by atoms with van der Waals surface area (Å²) in [5.41, 5.74) is 1.35. The molecular formula is C19H19N3O2S. The summed E-state index contributed by atoms with van der Waals surface area (Å²) in [4.78, 5) is 24.6. The van der Waals surface area contributed by atoms with Crippen LogP contribution in [0.25, 0.3) is 10.8 Å². The Morgan fingerprint density at radius 3 is 2.52 bits per heavy atom. The third-order valence-corrected chi connectivity index (χ3v) is 4.85. The topological polar surface area (TPSA) is 64.0 Å². The zero-order valence-electron chi connectivity index (χ0n) is 13.9. The molecule has 1 amide bonds. The van der Waals surface area contributed by atoms with E-state index in [0.29, 0.717) is 17.3 Å². The highest BCUT2D eigenvalue weighted by Crippen LogP contribution is 2.13. The molecular weight excluding hydrogens is 334 g/mol. The first-order valence-electron chi connectivity index (χ1n) is 8.03. The van der Waals surface area contributed by atoms with Gasteiger partial charge in [0.2, 0.25) is 0 Å². The number of carbonyl (C=O) groups excluding carboxylic acids is 1. The van der Waals surface area contributed by atoms with Gasteiger partial charge in [0.15, 0.2) is 5.69 Å². The van der Waals surface area contributed by atoms with Gasteiger partial charge in [-0.25, -0.2) is 4.68 Å². The van der Waals surface area contributed by atoms with E-state index in [1.165, 1.54) is 10.2 Å². The molecule has 128 valence electrons. The Labute approximate surface area is 150 Å². The molecule has 0 spiro atoms. The molecule has 0 fully saturated rings. The number of nitrogens with one attached hydrogen (secondary N) is 1. The highest BCUT2D eigenvalue weighted by atomic mass is 32.2. The number of aromatic nitrogens is 2. The third kappa shape index (κ3) is 4.09. The van der Waals surface area contributed by atoms with Crippen molar-refractivity contribution < 1.29 is 4.79 Å². The van der Waals surface area contributed by atoms with Crippen molar-refractivity contribution in [3.8, 4) is 0 Å². The molecule has 0 saturated carbocycles. The minimum Gasteiger partial charge on any atom is -0.350 e. The Hall–Kier alpha value is -2.60. The predicted molar refractivity (Wildman–Crippen MR) is 102 cm³/mol. The molecule has 1 heterocycles. The summed E-state index contributed by atoms with van der Waals surface area (Å²) in [7, 11) is 1.56. The van der Waals surface area contributed by atoms with Gasteiger partial charge in [-0.3, -0.25) is 9.59 Å². The Balaban J connectivity index is 1.61. The first-order valence-corrected chi connectivity index (χ1v) is 9.18. The minimum atomic E-state index is -0.257. The van der Waals surface area contributed by atoms with Crippen molar-refractivity contribution in [2.75, 3.05) is 12.3 Å². The monoisotopic (exact) mass is 353 g/mol. The molecule has 0 bridgehead atoms. The minimum absolute atomic E-state index is 0.203. The summed E-state index contributed by atoms with van der Waals surface area (Å²) in [6.45, 7) is 0.551. The summed E-state index contributed by atoms with van der Waals surface area (Å²) in [6.07, 6.45) is 0. The number of benzene rings is 2. The van der Waals surface area contributed by atoms with Crippen molar-refractivity contribution in [3.63, 3.8) is 0 Å². The van der Waals surface area contributed by atoms with Gasteiger partial charge in [-0.05, 0) is 11.6 Å². The zero-order chi connectivity index (χ0) is 17.6. The lowest BCUT2D eigenvalue weighted by Gasteiger charge is -2.09. The fourth-order valence-corrected chi connectivity index (χ4v) is 3.37. The molecule has 0 aliphatic heterocycles. The Morgan fingerprint density at radius 2 is 1.76 bits per heavy atom. The molecule has 1 aromatic heterocycles. The van der Waals surface area contributed by atoms with Gasteiger partial charge in [-0.2, -0.15) is 16.9 Å². The normalized spacial score (nSPS) is 10.8. The van der Waals surface area contributed by atoms with Gasteiger partial charge >= 0.3 is 0 Å². The standard InChI is InChI=1S/C19H19N3O2S/c1-22-19(24)16-10-6-5-9-15(16)17(21-22)18(23)20-11-12-25-13-14-7-3-2-4-8-14/h2-10H,11-13H2,1H3,(H,20,23). The van der Waals surface area contributed by atoms with Crippen LogP contribution < -0.4 is 10.9 Å². The average Bonchev–Trinajstić information content (AvgIpc) is 2.65. The van der Waals surface area contributed by atoms with E-state index in [1.54, 1.807) is 43.1 Å². The number of carbonyl (C=O) groups is 1. The predicted octanol–water partition coefficient (Wildman–Crippen LogP) is 2.60. The van der Waals surface area contributed by atoms with Gasteiger partial charge in [-0.1, -0.05) is 48.5 Å². The molecule has 0 atom stereocenters. The second-order valence-corrected chi connectivity index (χ2v) is 6.72. The molecule has 0 radical (unpaired) electrons. The number of fused-ring (bicyclic) bond motifs is 1. The molecule has 3 aromatic rings. The molecule has 25 heavy (non-hydrogen) atoms. The summed E-state index contributed by atoms with van der Waals surface area (Å²) in [6, 6.07) is 17.3. The first kappa shape index (κ1) is 17.2. The van der Waals surface area contributed by atoms with Crippen LogP contribution in [-0.4, -0.2) is 28.0 Å². The van der Waals surface area contributed by atoms with E-state index in [1.807, 2.05) is 18.2 Å². The van der Waals surface area contributed by atoms with Crippen molar-refractivity contribution >= 4 is 28.4 Å². The molecule has 0 saturated heterocycles. The quantitative estimate of drug-likeness (QED) is 0.692. The van der Waals surface area contributed by atoms with Gasteiger partial charge in [0.1, 0.15) is 0 Å². The SMILES string of the molecule is Cn1nc(C(=O)NCCSCc2ccccc2)c2ccccc2c1=O. The number of rotatable bonds is 6. The van der Waals surface area contributed by atoms with Crippen LogP contribution in [0, 0.1) is 0 Å². The summed E-state index contributed by atoms with van der Waals surface area (Å²) in [5.74, 6) is 1.47. The molecule has 6 heteroatoms. The van der Waals surface area contributed by atoms with E-state index in [-0.39, 0.29) is 17.2 Å². The van der Waals surface area contributed by atoms with E-state index >= 15 is 0 Å². The number of thioether (sulfide) groups is 1. The van der Waals surface area contributed by atoms with Crippen molar-refractivity contribution in [3.05, 3.63) is 76.2 Å². The van der Waals surface area contributed by atoms with Crippen LogP contribution in [0.5, 0.6) is 0 Å². The largest absolute Gasteiger partial charge is 0.350 e. The van der Waals surface area contributed by atoms with Crippen molar-refractivity contribution in [2.24, 2.45) is 7.05 Å². The molecule has 0 aliphatic rings. The fourth-order valence-electron chi connectivity index (χ4n) is 2.55. The van der Waals surface area contributed by atoms with Crippen LogP contribution >= 0.6 is 11.8 Å². The molecule has 0 aliphatic carbocycles. The molecule has 3 rings (SSSR count). The molecule has 2 aromatic carbocycles. The van der Waals surface area contributed by atoms with Crippen molar-refractivity contribution in [1.29, 1.82) is 0 Å². The summed E-state index contributed by atoms with van der Waals surface area (Å²) >= 11 is 1.76. The van der Waals surface area contributed by atoms with Crippen LogP contribution in [0.3, 0.4) is 0 Å². The van der Waals surface area contributed by atoms with Crippen LogP contribution in [0.2, 0.25) is 0 Å². The van der Waals surface area contributed by atoms with Crippen LogP contribution in [0.15, 0.2) is 59.4 Å². The number of amides is 1. The van der Waals surface area contributed by atoms with Gasteiger partial charge in [-0.15, -0.1) is 0 Å². The van der Waals surface area contributed by atoms with E-state index in [0.717, 1.165) is 11.5 Å². The molecule has 1 N–H and O–H groups in total. The van der Waals surface area contributed by atoms with Gasteiger partial charge < -0.3 is 5.32 Å². The number of nitrogens with zero attached hydrogens (tertiary/aromatic N) is 2. The first-order chi connectivity index (χ1) is 12.2. The van der Waals surface area contributed by atoms with Gasteiger partial charge in [0, 0.05) is 30.5 Å². The van der Waals surface area contributed by atoms with E-state index in [9.17, 15) is 9.59 Å². The van der Waals surface area contributed by atoms with Crippen molar-refractivity contribution in [1.82, 2.24) is 15.1 Å². The van der Waals surface area contributed by atoms with Gasteiger partial charge in [0.25, 0.3) is 11.5 Å². The van der Waals surface area contributed by atoms with Gasteiger partial charge in [0.05, 0.1) is 5.39 Å². The Bertz CT molecular complexity index is 938. The second kappa shape index (κ2) is 7.98. The number of hydrogen-bond acceptors (Lipinski definition) is 4. The lowest BCUT2D eigenvalue weighted by Crippen LogP contribution is -2.30. The van der Waals surface area contributed by atoms with Crippen molar-refractivity contribution in [2.45, 2.75) is 5.75 Å². The Kier molecular flexibility index (Phi) is 5.50. The third-order valence-electron chi connectivity index (χ3n) is 3.82. The maximum Gasteiger partial charge on any atom is 0.274 e. The number of aryl methyl sites for hydroxylation is 1. The maximum atomic E-state index is 12.5. The lowest BCUT2D eigenvalue weighted by atomic mass is 10.1. The highest BCUT2D eigenvalue weighted by molar-refractivity contribution is 7.98. The highest BCUT2D eigenvalue weighted by Gasteiger charge is 2.14. The Morgan fingerprint density at radius 1 is 1.08 bits per heavy atom. The van der Waals surface area contributed by atoms with E-state index < -0.39 is 0 Å². The molecule has 0 unspecified atom stereocenters. The maximum absolute atomic E-state index is 12.5. The average molecular weight is 353 g/mol. The smallest absolute Gasteiger partial charge is 0.274 e. The van der Waals surface area contributed by atoms with Crippen LogP contribution in [0.1, 0.15) is 16.1 Å². The summed E-state index contributed by atoms with van der Waals surface area (Å²) in [5, 5.41) is 8.11. The van der Waals surface area contributed by atoms with Crippen LogP contribution in [-0.2, 0) is 12.8 Å². The fraction of sp³-hybridized carbons (Fsp3) is 0.211. The summed E-state index contributed by atoms with van der Waals surface area (Å²) < 4.78 is 1.21. The number of hydrogen-bond donors (Lipinski definition) is 1. The molecule has 5 nitrogen and oxygen atoms in total. The lowest BCUT2D eigenvalue weighted by molar-refractivity contribution is 0.0951.